The molecule has 0 aliphatic carbocycles. The summed E-state index contributed by atoms with van der Waals surface area (Å²) in [5.41, 5.74) is 5.77. The maximum Gasteiger partial charge on any atom is 0.0474 e. The van der Waals surface area contributed by atoms with Crippen molar-refractivity contribution in [3.05, 3.63) is 0 Å². The van der Waals surface area contributed by atoms with E-state index in [1.165, 1.54) is 0 Å². The van der Waals surface area contributed by atoms with Gasteiger partial charge in [0.05, 0.1) is 0 Å². The van der Waals surface area contributed by atoms with Crippen LogP contribution >= 0.6 is 0 Å². The van der Waals surface area contributed by atoms with Gasteiger partial charge >= 0.3 is 0 Å². The first-order valence-electron chi connectivity index (χ1n) is 4.54. The quantitative estimate of drug-likeness (QED) is 0.602. The van der Waals surface area contributed by atoms with E-state index in [4.69, 9.17) is 10.5 Å². The second-order valence-electron chi connectivity index (χ2n) is 3.43. The Hall–Kier alpha value is -0.120. The zero-order valence-electron chi connectivity index (χ0n) is 8.71. The molecule has 0 saturated heterocycles. The van der Waals surface area contributed by atoms with Crippen LogP contribution < -0.4 is 5.73 Å². The highest BCUT2D eigenvalue weighted by molar-refractivity contribution is 4.71. The van der Waals surface area contributed by atoms with E-state index in [9.17, 15) is 0 Å². The van der Waals surface area contributed by atoms with Crippen molar-refractivity contribution in [1.29, 1.82) is 0 Å². The van der Waals surface area contributed by atoms with Gasteiger partial charge in [-0.1, -0.05) is 0 Å². The van der Waals surface area contributed by atoms with Gasteiger partial charge in [-0.2, -0.15) is 0 Å². The molecule has 3 nitrogen and oxygen atoms in total. The molecule has 0 saturated carbocycles. The molecular weight excluding hydrogens is 152 g/mol. The third kappa shape index (κ3) is 4.70. The van der Waals surface area contributed by atoms with Gasteiger partial charge in [-0.25, -0.2) is 0 Å². The topological polar surface area (TPSA) is 38.5 Å². The molecule has 0 amide bonds. The Morgan fingerprint density at radius 2 is 2.00 bits per heavy atom. The van der Waals surface area contributed by atoms with Gasteiger partial charge in [-0.05, 0) is 27.3 Å². The van der Waals surface area contributed by atoms with Gasteiger partial charge in [0.25, 0.3) is 0 Å². The highest BCUT2D eigenvalue weighted by Crippen LogP contribution is 2.00. The molecule has 0 aromatic carbocycles. The van der Waals surface area contributed by atoms with Crippen molar-refractivity contribution in [2.75, 3.05) is 27.3 Å². The maximum atomic E-state index is 5.77. The Bertz CT molecular complexity index is 107. The highest BCUT2D eigenvalue weighted by Gasteiger charge is 2.11. The van der Waals surface area contributed by atoms with Crippen LogP contribution in [0.3, 0.4) is 0 Å². The summed E-state index contributed by atoms with van der Waals surface area (Å²) in [6.07, 6.45) is 1.07. The fraction of sp³-hybridized carbons (Fsp3) is 1.00. The van der Waals surface area contributed by atoms with Gasteiger partial charge in [0.2, 0.25) is 0 Å². The Labute approximate surface area is 75.9 Å². The minimum atomic E-state index is 0.234. The molecule has 12 heavy (non-hydrogen) atoms. The van der Waals surface area contributed by atoms with E-state index >= 15 is 0 Å². The van der Waals surface area contributed by atoms with E-state index in [1.807, 2.05) is 6.92 Å². The van der Waals surface area contributed by atoms with Crippen LogP contribution in [0.1, 0.15) is 20.3 Å². The number of hydrogen-bond donors (Lipinski definition) is 1. The normalized spacial score (nSPS) is 16.5. The molecule has 0 bridgehead atoms. The fourth-order valence-corrected chi connectivity index (χ4v) is 1.06. The van der Waals surface area contributed by atoms with Crippen LogP contribution in [0.15, 0.2) is 0 Å². The van der Waals surface area contributed by atoms with E-state index in [1.54, 1.807) is 7.11 Å². The minimum absolute atomic E-state index is 0.234. The summed E-state index contributed by atoms with van der Waals surface area (Å²) in [6, 6.07) is 0.680. The molecule has 0 radical (unpaired) electrons. The maximum absolute atomic E-state index is 5.77. The first-order valence-corrected chi connectivity index (χ1v) is 4.54. The number of ether oxygens (including phenoxy) is 1. The molecule has 0 spiro atoms. The molecule has 3 heteroatoms. The molecule has 74 valence electrons. The van der Waals surface area contributed by atoms with Crippen LogP contribution in [0.2, 0.25) is 0 Å². The van der Waals surface area contributed by atoms with Crippen LogP contribution in [-0.4, -0.2) is 44.3 Å². The number of hydrogen-bond acceptors (Lipinski definition) is 3. The van der Waals surface area contributed by atoms with Crippen molar-refractivity contribution in [2.45, 2.75) is 32.4 Å². The predicted molar refractivity (Wildman–Crippen MR) is 52.2 cm³/mol. The molecular formula is C9H22N2O. The lowest BCUT2D eigenvalue weighted by molar-refractivity contribution is 0.163. The molecule has 0 heterocycles. The van der Waals surface area contributed by atoms with E-state index in [0.717, 1.165) is 19.6 Å². The lowest BCUT2D eigenvalue weighted by Gasteiger charge is -2.27. The monoisotopic (exact) mass is 174 g/mol. The summed E-state index contributed by atoms with van der Waals surface area (Å²) < 4.78 is 4.97. The van der Waals surface area contributed by atoms with Gasteiger partial charge < -0.3 is 15.4 Å². The Balaban J connectivity index is 3.49. The Morgan fingerprint density at radius 3 is 2.42 bits per heavy atom. The molecule has 0 aromatic heterocycles. The molecule has 2 N–H and O–H groups in total. The van der Waals surface area contributed by atoms with Crippen LogP contribution in [-0.2, 0) is 4.74 Å². The molecule has 0 fully saturated rings. The Kier molecular flexibility index (Phi) is 6.34. The smallest absolute Gasteiger partial charge is 0.0474 e. The number of rotatable bonds is 6. The van der Waals surface area contributed by atoms with Gasteiger partial charge in [-0.3, -0.25) is 0 Å². The number of likely N-dealkylation sites (N-methyl/N-ethyl adjacent to an activating group) is 1. The van der Waals surface area contributed by atoms with Crippen molar-refractivity contribution in [3.63, 3.8) is 0 Å². The van der Waals surface area contributed by atoms with Crippen molar-refractivity contribution < 1.29 is 4.74 Å². The molecule has 2 unspecified atom stereocenters. The fourth-order valence-electron chi connectivity index (χ4n) is 1.06. The first-order chi connectivity index (χ1) is 5.59. The average molecular weight is 174 g/mol. The number of methoxy groups -OCH3 is 1. The second-order valence-corrected chi connectivity index (χ2v) is 3.43. The highest BCUT2D eigenvalue weighted by atomic mass is 16.5. The number of nitrogens with two attached hydrogens (primary N) is 1. The lowest BCUT2D eigenvalue weighted by Crippen LogP contribution is -2.42. The summed E-state index contributed by atoms with van der Waals surface area (Å²) in [7, 11) is 3.83. The Morgan fingerprint density at radius 1 is 1.42 bits per heavy atom. The largest absolute Gasteiger partial charge is 0.385 e. The second kappa shape index (κ2) is 6.40. The third-order valence-electron chi connectivity index (χ3n) is 2.32. The van der Waals surface area contributed by atoms with Gasteiger partial charge in [-0.15, -0.1) is 0 Å². The summed E-state index contributed by atoms with van der Waals surface area (Å²) in [5.74, 6) is 0. The SMILES string of the molecule is COCCCN(C)C(C)C(C)N. The van der Waals surface area contributed by atoms with E-state index in [-0.39, 0.29) is 6.04 Å². The average Bonchev–Trinajstić information content (AvgIpc) is 2.03. The summed E-state index contributed by atoms with van der Waals surface area (Å²) in [5, 5.41) is 0. The van der Waals surface area contributed by atoms with Gasteiger partial charge in [0.15, 0.2) is 0 Å². The van der Waals surface area contributed by atoms with Crippen LogP contribution in [0, 0.1) is 0 Å². The zero-order valence-corrected chi connectivity index (χ0v) is 8.71. The standard InChI is InChI=1S/C9H22N2O/c1-8(10)9(2)11(3)6-5-7-12-4/h8-9H,5-7,10H2,1-4H3. The summed E-state index contributed by atoms with van der Waals surface area (Å²) in [6.45, 7) is 6.07. The zero-order chi connectivity index (χ0) is 9.56. The molecule has 0 aromatic rings. The van der Waals surface area contributed by atoms with Crippen molar-refractivity contribution >= 4 is 0 Å². The third-order valence-corrected chi connectivity index (χ3v) is 2.32. The molecule has 2 atom stereocenters. The lowest BCUT2D eigenvalue weighted by atomic mass is 10.1. The van der Waals surface area contributed by atoms with Crippen LogP contribution in [0.4, 0.5) is 0 Å². The molecule has 0 aliphatic heterocycles. The van der Waals surface area contributed by atoms with Crippen molar-refractivity contribution in [1.82, 2.24) is 4.90 Å². The van der Waals surface area contributed by atoms with Crippen molar-refractivity contribution in [3.8, 4) is 0 Å². The van der Waals surface area contributed by atoms with E-state index in [0.29, 0.717) is 6.04 Å². The van der Waals surface area contributed by atoms with Crippen LogP contribution in [0.5, 0.6) is 0 Å². The van der Waals surface area contributed by atoms with Crippen molar-refractivity contribution in [2.24, 2.45) is 5.73 Å². The summed E-state index contributed by atoms with van der Waals surface area (Å²) >= 11 is 0. The van der Waals surface area contributed by atoms with E-state index in [2.05, 4.69) is 18.9 Å². The van der Waals surface area contributed by atoms with Gasteiger partial charge in [0.1, 0.15) is 0 Å². The first kappa shape index (κ1) is 11.9. The van der Waals surface area contributed by atoms with Gasteiger partial charge in [0, 0.05) is 32.3 Å². The van der Waals surface area contributed by atoms with Crippen LogP contribution in [0.25, 0.3) is 0 Å². The van der Waals surface area contributed by atoms with E-state index < -0.39 is 0 Å². The molecule has 0 rings (SSSR count). The minimum Gasteiger partial charge on any atom is -0.385 e. The summed E-state index contributed by atoms with van der Waals surface area (Å²) in [4.78, 5) is 2.27. The predicted octanol–water partition coefficient (Wildman–Crippen LogP) is 0.690. The number of nitrogens with zero attached hydrogens (tertiary/aromatic N) is 1. The molecule has 0 aliphatic rings.